The predicted molar refractivity (Wildman–Crippen MR) is 94.4 cm³/mol. The second-order valence-corrected chi connectivity index (χ2v) is 6.50. The Hall–Kier alpha value is -2.14. The molecule has 0 saturated carbocycles. The number of anilines is 1. The molecule has 1 heterocycles. The summed E-state index contributed by atoms with van der Waals surface area (Å²) in [4.78, 5) is 15.1. The van der Waals surface area contributed by atoms with Crippen molar-refractivity contribution >= 4 is 23.5 Å². The third-order valence-corrected chi connectivity index (χ3v) is 4.47. The molecule has 2 aromatic rings. The molecule has 2 aromatic carbocycles. The standard InChI is InChI=1S/C18H20N2O2S/c1-13-5-3-7-15(9-13)22-16-11-20(12-16)18(21)19-14-6-4-8-17(10-14)23-2/h3-10,16H,11-12H2,1-2H3,(H,19,21). The van der Waals surface area contributed by atoms with Gasteiger partial charge in [-0.3, -0.25) is 0 Å². The number of carbonyl (C=O) groups is 1. The van der Waals surface area contributed by atoms with E-state index in [0.29, 0.717) is 13.1 Å². The molecule has 120 valence electrons. The van der Waals surface area contributed by atoms with Crippen LogP contribution in [-0.2, 0) is 0 Å². The van der Waals surface area contributed by atoms with Crippen LogP contribution >= 0.6 is 11.8 Å². The summed E-state index contributed by atoms with van der Waals surface area (Å²) >= 11 is 1.66. The van der Waals surface area contributed by atoms with Crippen molar-refractivity contribution in [3.63, 3.8) is 0 Å². The summed E-state index contributed by atoms with van der Waals surface area (Å²) < 4.78 is 5.87. The molecule has 0 spiro atoms. The van der Waals surface area contributed by atoms with Gasteiger partial charge < -0.3 is 15.0 Å². The van der Waals surface area contributed by atoms with E-state index in [1.54, 1.807) is 16.7 Å². The van der Waals surface area contributed by atoms with E-state index >= 15 is 0 Å². The molecule has 0 aliphatic carbocycles. The summed E-state index contributed by atoms with van der Waals surface area (Å²) in [6.07, 6.45) is 2.09. The fourth-order valence-electron chi connectivity index (χ4n) is 2.46. The van der Waals surface area contributed by atoms with Gasteiger partial charge in [0, 0.05) is 10.6 Å². The van der Waals surface area contributed by atoms with Crippen LogP contribution in [0.15, 0.2) is 53.4 Å². The molecule has 0 radical (unpaired) electrons. The number of likely N-dealkylation sites (tertiary alicyclic amines) is 1. The fourth-order valence-corrected chi connectivity index (χ4v) is 2.92. The summed E-state index contributed by atoms with van der Waals surface area (Å²) in [6, 6.07) is 15.7. The number of nitrogens with one attached hydrogen (secondary N) is 1. The van der Waals surface area contributed by atoms with Crippen LogP contribution in [0.1, 0.15) is 5.56 Å². The molecule has 0 unspecified atom stereocenters. The lowest BCUT2D eigenvalue weighted by molar-refractivity contribution is 0.0492. The van der Waals surface area contributed by atoms with Gasteiger partial charge in [0.1, 0.15) is 11.9 Å². The second-order valence-electron chi connectivity index (χ2n) is 5.62. The van der Waals surface area contributed by atoms with Gasteiger partial charge in [-0.2, -0.15) is 0 Å². The molecule has 2 amide bonds. The number of benzene rings is 2. The zero-order chi connectivity index (χ0) is 16.2. The van der Waals surface area contributed by atoms with Gasteiger partial charge in [0.25, 0.3) is 0 Å². The fraction of sp³-hybridized carbons (Fsp3) is 0.278. The molecular formula is C18H20N2O2S. The number of nitrogens with zero attached hydrogens (tertiary/aromatic N) is 1. The molecule has 1 aliphatic heterocycles. The Balaban J connectivity index is 1.49. The number of urea groups is 1. The number of rotatable bonds is 4. The first-order valence-electron chi connectivity index (χ1n) is 7.57. The number of thioether (sulfide) groups is 1. The first-order valence-corrected chi connectivity index (χ1v) is 8.80. The predicted octanol–water partition coefficient (Wildman–Crippen LogP) is 4.01. The van der Waals surface area contributed by atoms with E-state index < -0.39 is 0 Å². The van der Waals surface area contributed by atoms with Gasteiger partial charge in [0.15, 0.2) is 0 Å². The Kier molecular flexibility index (Phi) is 4.76. The number of amides is 2. The van der Waals surface area contributed by atoms with Crippen molar-refractivity contribution in [2.45, 2.75) is 17.9 Å². The Bertz CT molecular complexity index is 699. The lowest BCUT2D eigenvalue weighted by Crippen LogP contribution is -2.57. The lowest BCUT2D eigenvalue weighted by Gasteiger charge is -2.38. The average Bonchev–Trinajstić information content (AvgIpc) is 2.50. The van der Waals surface area contributed by atoms with E-state index in [1.807, 2.05) is 61.7 Å². The van der Waals surface area contributed by atoms with Crippen LogP contribution < -0.4 is 10.1 Å². The molecule has 0 bridgehead atoms. The highest BCUT2D eigenvalue weighted by Crippen LogP contribution is 2.22. The number of ether oxygens (including phenoxy) is 1. The maximum atomic E-state index is 12.2. The highest BCUT2D eigenvalue weighted by atomic mass is 32.2. The third kappa shape index (κ3) is 3.99. The Morgan fingerprint density at radius 1 is 1.22 bits per heavy atom. The minimum atomic E-state index is -0.0765. The Morgan fingerprint density at radius 3 is 2.74 bits per heavy atom. The molecule has 0 aromatic heterocycles. The van der Waals surface area contributed by atoms with E-state index in [-0.39, 0.29) is 12.1 Å². The van der Waals surface area contributed by atoms with Gasteiger partial charge in [-0.1, -0.05) is 18.2 Å². The molecule has 3 rings (SSSR count). The van der Waals surface area contributed by atoms with Crippen molar-refractivity contribution in [1.29, 1.82) is 0 Å². The number of carbonyl (C=O) groups excluding carboxylic acids is 1. The van der Waals surface area contributed by atoms with Crippen LogP contribution in [-0.4, -0.2) is 36.4 Å². The summed E-state index contributed by atoms with van der Waals surface area (Å²) in [7, 11) is 0. The zero-order valence-corrected chi connectivity index (χ0v) is 14.1. The first-order chi connectivity index (χ1) is 11.1. The van der Waals surface area contributed by atoms with Crippen LogP contribution in [0.5, 0.6) is 5.75 Å². The van der Waals surface area contributed by atoms with Crippen molar-refractivity contribution in [2.24, 2.45) is 0 Å². The third-order valence-electron chi connectivity index (χ3n) is 3.75. The summed E-state index contributed by atoms with van der Waals surface area (Å²) in [6.45, 7) is 3.26. The maximum absolute atomic E-state index is 12.2. The molecule has 1 fully saturated rings. The molecular weight excluding hydrogens is 308 g/mol. The van der Waals surface area contributed by atoms with E-state index in [4.69, 9.17) is 4.74 Å². The molecule has 1 aliphatic rings. The van der Waals surface area contributed by atoms with Crippen molar-refractivity contribution < 1.29 is 9.53 Å². The minimum absolute atomic E-state index is 0.0695. The highest BCUT2D eigenvalue weighted by Gasteiger charge is 2.32. The quantitative estimate of drug-likeness (QED) is 0.862. The second kappa shape index (κ2) is 6.96. The average molecular weight is 328 g/mol. The Morgan fingerprint density at radius 2 is 2.00 bits per heavy atom. The molecule has 4 nitrogen and oxygen atoms in total. The van der Waals surface area contributed by atoms with Crippen molar-refractivity contribution in [3.8, 4) is 5.75 Å². The number of hydrogen-bond acceptors (Lipinski definition) is 3. The highest BCUT2D eigenvalue weighted by molar-refractivity contribution is 7.98. The maximum Gasteiger partial charge on any atom is 0.322 e. The van der Waals surface area contributed by atoms with Gasteiger partial charge in [-0.25, -0.2) is 4.79 Å². The molecule has 1 N–H and O–H groups in total. The summed E-state index contributed by atoms with van der Waals surface area (Å²) in [5.74, 6) is 0.864. The van der Waals surface area contributed by atoms with Crippen molar-refractivity contribution in [3.05, 3.63) is 54.1 Å². The van der Waals surface area contributed by atoms with Crippen LogP contribution in [0.4, 0.5) is 10.5 Å². The van der Waals surface area contributed by atoms with Crippen LogP contribution in [0.2, 0.25) is 0 Å². The van der Waals surface area contributed by atoms with Crippen molar-refractivity contribution in [1.82, 2.24) is 4.90 Å². The van der Waals surface area contributed by atoms with Gasteiger partial charge in [0.2, 0.25) is 0 Å². The monoisotopic (exact) mass is 328 g/mol. The van der Waals surface area contributed by atoms with Gasteiger partial charge in [0.05, 0.1) is 13.1 Å². The van der Waals surface area contributed by atoms with Crippen LogP contribution in [0.25, 0.3) is 0 Å². The van der Waals surface area contributed by atoms with E-state index in [2.05, 4.69) is 5.32 Å². The van der Waals surface area contributed by atoms with Gasteiger partial charge in [-0.15, -0.1) is 11.8 Å². The van der Waals surface area contributed by atoms with E-state index in [1.165, 1.54) is 5.56 Å². The number of hydrogen-bond donors (Lipinski definition) is 1. The number of aryl methyl sites for hydroxylation is 1. The largest absolute Gasteiger partial charge is 0.487 e. The van der Waals surface area contributed by atoms with Crippen LogP contribution in [0.3, 0.4) is 0 Å². The summed E-state index contributed by atoms with van der Waals surface area (Å²) in [5.41, 5.74) is 2.00. The molecule has 23 heavy (non-hydrogen) atoms. The van der Waals surface area contributed by atoms with Gasteiger partial charge >= 0.3 is 6.03 Å². The lowest BCUT2D eigenvalue weighted by atomic mass is 10.1. The summed E-state index contributed by atoms with van der Waals surface area (Å²) in [5, 5.41) is 2.93. The van der Waals surface area contributed by atoms with Gasteiger partial charge in [-0.05, 0) is 49.1 Å². The normalized spacial score (nSPS) is 14.3. The van der Waals surface area contributed by atoms with E-state index in [9.17, 15) is 4.79 Å². The minimum Gasteiger partial charge on any atom is -0.487 e. The first kappa shape index (κ1) is 15.7. The topological polar surface area (TPSA) is 41.6 Å². The van der Waals surface area contributed by atoms with Crippen molar-refractivity contribution in [2.75, 3.05) is 24.7 Å². The molecule has 5 heteroatoms. The smallest absolute Gasteiger partial charge is 0.322 e. The van der Waals surface area contributed by atoms with Crippen LogP contribution in [0, 0.1) is 6.92 Å². The Labute approximate surface area is 140 Å². The SMILES string of the molecule is CSc1cccc(NC(=O)N2CC(Oc3cccc(C)c3)C2)c1. The molecule has 1 saturated heterocycles. The zero-order valence-electron chi connectivity index (χ0n) is 13.3. The molecule has 0 atom stereocenters. The van der Waals surface area contributed by atoms with E-state index in [0.717, 1.165) is 16.3 Å².